The van der Waals surface area contributed by atoms with Crippen LogP contribution in [0.25, 0.3) is 0 Å². The van der Waals surface area contributed by atoms with Crippen LogP contribution in [0.5, 0.6) is 0 Å². The Morgan fingerprint density at radius 1 is 1.12 bits per heavy atom. The van der Waals surface area contributed by atoms with Gasteiger partial charge in [-0.3, -0.25) is 4.79 Å². The van der Waals surface area contributed by atoms with Crippen molar-refractivity contribution in [2.45, 2.75) is 24.2 Å². The molecule has 5 nitrogen and oxygen atoms in total. The Morgan fingerprint density at radius 3 is 2.33 bits per heavy atom. The lowest BCUT2D eigenvalue weighted by molar-refractivity contribution is 0.0790. The highest BCUT2D eigenvalue weighted by molar-refractivity contribution is 7.89. The zero-order valence-electron chi connectivity index (χ0n) is 13.9. The van der Waals surface area contributed by atoms with Crippen molar-refractivity contribution < 1.29 is 13.2 Å². The van der Waals surface area contributed by atoms with Gasteiger partial charge in [0.15, 0.2) is 0 Å². The summed E-state index contributed by atoms with van der Waals surface area (Å²) in [7, 11) is -3.55. The van der Waals surface area contributed by atoms with Crippen molar-refractivity contribution in [1.29, 1.82) is 0 Å². The third-order valence-electron chi connectivity index (χ3n) is 4.02. The maximum absolute atomic E-state index is 12.8. The highest BCUT2D eigenvalue weighted by atomic mass is 32.2. The molecule has 130 valence electrons. The first-order valence-electron chi connectivity index (χ1n) is 8.12. The van der Waals surface area contributed by atoms with Crippen LogP contribution >= 0.6 is 0 Å². The molecule has 1 aliphatic rings. The molecule has 2 rings (SSSR count). The van der Waals surface area contributed by atoms with E-state index in [-0.39, 0.29) is 10.8 Å². The Kier molecular flexibility index (Phi) is 6.34. The molecule has 0 bridgehead atoms. The van der Waals surface area contributed by atoms with Crippen LogP contribution in [0, 0.1) is 0 Å². The lowest BCUT2D eigenvalue weighted by atomic mass is 10.2. The molecule has 0 spiro atoms. The molecule has 1 fully saturated rings. The maximum Gasteiger partial charge on any atom is 0.254 e. The fraction of sp³-hybridized carbons (Fsp3) is 0.389. The number of hydrogen-bond acceptors (Lipinski definition) is 3. The number of sulfonamides is 1. The van der Waals surface area contributed by atoms with Crippen LogP contribution in [0.2, 0.25) is 0 Å². The molecule has 0 aromatic heterocycles. The minimum atomic E-state index is -3.55. The first kappa shape index (κ1) is 18.4. The number of benzene rings is 1. The Morgan fingerprint density at radius 2 is 1.75 bits per heavy atom. The number of nitrogens with zero attached hydrogens (tertiary/aromatic N) is 2. The van der Waals surface area contributed by atoms with Crippen LogP contribution in [0.15, 0.2) is 54.5 Å². The van der Waals surface area contributed by atoms with Gasteiger partial charge in [0.25, 0.3) is 5.91 Å². The van der Waals surface area contributed by atoms with Gasteiger partial charge in [0, 0.05) is 31.7 Å². The summed E-state index contributed by atoms with van der Waals surface area (Å²) in [5.74, 6) is -0.231. The zero-order valence-corrected chi connectivity index (χ0v) is 14.7. The molecule has 1 aromatic rings. The van der Waals surface area contributed by atoms with Gasteiger partial charge in [-0.1, -0.05) is 24.6 Å². The van der Waals surface area contributed by atoms with Crippen LogP contribution in [-0.2, 0) is 10.0 Å². The van der Waals surface area contributed by atoms with E-state index in [1.807, 2.05) is 0 Å². The topological polar surface area (TPSA) is 57.7 Å². The van der Waals surface area contributed by atoms with E-state index in [9.17, 15) is 13.2 Å². The largest absolute Gasteiger partial charge is 0.331 e. The monoisotopic (exact) mass is 348 g/mol. The predicted octanol–water partition coefficient (Wildman–Crippen LogP) is 2.68. The van der Waals surface area contributed by atoms with Crippen molar-refractivity contribution in [3.63, 3.8) is 0 Å². The van der Waals surface area contributed by atoms with Gasteiger partial charge in [0.2, 0.25) is 10.0 Å². The fourth-order valence-corrected chi connectivity index (χ4v) is 4.34. The Balaban J connectivity index is 2.28. The van der Waals surface area contributed by atoms with E-state index in [1.54, 1.807) is 35.3 Å². The van der Waals surface area contributed by atoms with E-state index in [2.05, 4.69) is 13.2 Å². The number of rotatable bonds is 7. The van der Waals surface area contributed by atoms with E-state index in [1.165, 1.54) is 10.4 Å². The van der Waals surface area contributed by atoms with Crippen molar-refractivity contribution in [1.82, 2.24) is 9.21 Å². The van der Waals surface area contributed by atoms with Gasteiger partial charge in [0.1, 0.15) is 0 Å². The third-order valence-corrected chi connectivity index (χ3v) is 5.91. The van der Waals surface area contributed by atoms with Crippen molar-refractivity contribution in [2.75, 3.05) is 26.2 Å². The average Bonchev–Trinajstić information content (AvgIpc) is 2.62. The molecular weight excluding hydrogens is 324 g/mol. The van der Waals surface area contributed by atoms with Gasteiger partial charge in [-0.2, -0.15) is 4.31 Å². The van der Waals surface area contributed by atoms with Crippen LogP contribution in [0.3, 0.4) is 0 Å². The van der Waals surface area contributed by atoms with Crippen LogP contribution in [0.4, 0.5) is 0 Å². The molecule has 1 saturated heterocycles. The predicted molar refractivity (Wildman–Crippen MR) is 95.3 cm³/mol. The Labute approximate surface area is 144 Å². The molecule has 0 N–H and O–H groups in total. The molecule has 0 atom stereocenters. The maximum atomic E-state index is 12.8. The van der Waals surface area contributed by atoms with E-state index >= 15 is 0 Å². The summed E-state index contributed by atoms with van der Waals surface area (Å²) in [5, 5.41) is 0. The highest BCUT2D eigenvalue weighted by Gasteiger charge is 2.26. The zero-order chi connectivity index (χ0) is 17.6. The van der Waals surface area contributed by atoms with Gasteiger partial charge >= 0.3 is 0 Å². The van der Waals surface area contributed by atoms with Crippen LogP contribution in [0.1, 0.15) is 29.6 Å². The lowest BCUT2D eigenvalue weighted by Crippen LogP contribution is -2.36. The second-order valence-corrected chi connectivity index (χ2v) is 7.72. The average molecular weight is 348 g/mol. The van der Waals surface area contributed by atoms with Crippen molar-refractivity contribution >= 4 is 15.9 Å². The third kappa shape index (κ3) is 4.13. The molecule has 1 aromatic carbocycles. The lowest BCUT2D eigenvalue weighted by Gasteiger charge is -2.26. The highest BCUT2D eigenvalue weighted by Crippen LogP contribution is 2.21. The SMILES string of the molecule is C=CCN(CC=C)C(=O)c1cccc(S(=O)(=O)N2CCCCC2)c1. The number of piperidine rings is 1. The Bertz CT molecular complexity index is 697. The quantitative estimate of drug-likeness (QED) is 0.712. The van der Waals surface area contributed by atoms with Crippen LogP contribution < -0.4 is 0 Å². The first-order valence-corrected chi connectivity index (χ1v) is 9.56. The molecule has 24 heavy (non-hydrogen) atoms. The van der Waals surface area contributed by atoms with Gasteiger partial charge < -0.3 is 4.90 Å². The second-order valence-electron chi connectivity index (χ2n) is 5.78. The van der Waals surface area contributed by atoms with Gasteiger partial charge in [-0.25, -0.2) is 8.42 Å². The smallest absolute Gasteiger partial charge is 0.254 e. The van der Waals surface area contributed by atoms with Gasteiger partial charge in [0.05, 0.1) is 4.90 Å². The van der Waals surface area contributed by atoms with E-state index in [0.717, 1.165) is 19.3 Å². The molecule has 6 heteroatoms. The van der Waals surface area contributed by atoms with E-state index < -0.39 is 10.0 Å². The number of amides is 1. The van der Waals surface area contributed by atoms with E-state index in [4.69, 9.17) is 0 Å². The van der Waals surface area contributed by atoms with Gasteiger partial charge in [-0.15, -0.1) is 13.2 Å². The minimum absolute atomic E-state index is 0.174. The summed E-state index contributed by atoms with van der Waals surface area (Å²) >= 11 is 0. The molecule has 0 saturated carbocycles. The van der Waals surface area contributed by atoms with Gasteiger partial charge in [-0.05, 0) is 31.0 Å². The Hall–Kier alpha value is -1.92. The molecular formula is C18H24N2O3S. The number of hydrogen-bond donors (Lipinski definition) is 0. The summed E-state index contributed by atoms with van der Waals surface area (Å²) in [6.07, 6.45) is 6.09. The molecule has 1 aliphatic heterocycles. The number of carbonyl (C=O) groups is 1. The number of carbonyl (C=O) groups excluding carboxylic acids is 1. The second kappa shape index (κ2) is 8.26. The summed E-state index contributed by atoms with van der Waals surface area (Å²) < 4.78 is 27.0. The molecule has 0 aliphatic carbocycles. The molecule has 0 unspecified atom stereocenters. The van der Waals surface area contributed by atoms with Crippen molar-refractivity contribution in [2.24, 2.45) is 0 Å². The van der Waals surface area contributed by atoms with Crippen LogP contribution in [-0.4, -0.2) is 49.7 Å². The summed E-state index contributed by atoms with van der Waals surface area (Å²) in [6, 6.07) is 6.26. The normalized spacial score (nSPS) is 15.7. The summed E-state index contributed by atoms with van der Waals surface area (Å²) in [6.45, 7) is 9.14. The summed E-state index contributed by atoms with van der Waals surface area (Å²) in [5.41, 5.74) is 0.358. The standard InChI is InChI=1S/C18H24N2O3S/c1-3-11-19(12-4-2)18(21)16-9-8-10-17(15-16)24(22,23)20-13-6-5-7-14-20/h3-4,8-10,15H,1-2,5-7,11-14H2. The summed E-state index contributed by atoms with van der Waals surface area (Å²) in [4.78, 5) is 14.3. The molecule has 1 amide bonds. The fourth-order valence-electron chi connectivity index (χ4n) is 2.78. The minimum Gasteiger partial charge on any atom is -0.331 e. The first-order chi connectivity index (χ1) is 11.5. The molecule has 1 heterocycles. The van der Waals surface area contributed by atoms with Crippen molar-refractivity contribution in [3.05, 3.63) is 55.1 Å². The molecule has 0 radical (unpaired) electrons. The van der Waals surface area contributed by atoms with Crippen molar-refractivity contribution in [3.8, 4) is 0 Å². The van der Waals surface area contributed by atoms with E-state index in [0.29, 0.717) is 31.7 Å².